The lowest BCUT2D eigenvalue weighted by molar-refractivity contribution is -0.148. The summed E-state index contributed by atoms with van der Waals surface area (Å²) in [5.41, 5.74) is 7.56. The zero-order valence-corrected chi connectivity index (χ0v) is 16.2. The monoisotopic (exact) mass is 389 g/mol. The summed E-state index contributed by atoms with van der Waals surface area (Å²) in [5.74, 6) is -1.43. The molecule has 0 aliphatic heterocycles. The number of rotatable bonds is 10. The van der Waals surface area contributed by atoms with Gasteiger partial charge in [0.05, 0.1) is 13.2 Å². The van der Waals surface area contributed by atoms with E-state index in [9.17, 15) is 14.4 Å². The van der Waals surface area contributed by atoms with Crippen molar-refractivity contribution in [3.05, 3.63) is 36.0 Å². The number of H-pyrrole nitrogens is 1. The summed E-state index contributed by atoms with van der Waals surface area (Å²) in [6.07, 6.45) is 2.25. The van der Waals surface area contributed by atoms with Crippen LogP contribution in [0.4, 0.5) is 0 Å². The van der Waals surface area contributed by atoms with Crippen LogP contribution in [0.1, 0.15) is 32.3 Å². The number of carbonyl (C=O) groups is 3. The summed E-state index contributed by atoms with van der Waals surface area (Å²) in [7, 11) is 0. The number of nitrogens with two attached hydrogens (primary N) is 1. The van der Waals surface area contributed by atoms with Crippen molar-refractivity contribution in [1.29, 1.82) is 0 Å². The Hall–Kier alpha value is -2.87. The van der Waals surface area contributed by atoms with Gasteiger partial charge in [0.2, 0.25) is 5.91 Å². The molecule has 4 N–H and O–H groups in total. The van der Waals surface area contributed by atoms with Crippen LogP contribution >= 0.6 is 0 Å². The van der Waals surface area contributed by atoms with Crippen LogP contribution in [0, 0.1) is 0 Å². The van der Waals surface area contributed by atoms with E-state index >= 15 is 0 Å². The zero-order chi connectivity index (χ0) is 20.5. The van der Waals surface area contributed by atoms with Crippen LogP contribution in [-0.2, 0) is 30.3 Å². The SMILES string of the molecule is CCOC(=O)[C@@H](N)CCC(=O)N[C@H](Cc1c[nH]c2ccccc12)C(=O)OCC. The second kappa shape index (κ2) is 10.5. The Balaban J connectivity index is 2.01. The number of esters is 2. The van der Waals surface area contributed by atoms with Crippen LogP contribution in [0.3, 0.4) is 0 Å². The van der Waals surface area contributed by atoms with E-state index < -0.39 is 24.0 Å². The van der Waals surface area contributed by atoms with E-state index in [1.807, 2.05) is 30.5 Å². The molecule has 0 radical (unpaired) electrons. The molecule has 2 rings (SSSR count). The maximum atomic E-state index is 12.3. The minimum Gasteiger partial charge on any atom is -0.465 e. The number of nitrogens with one attached hydrogen (secondary N) is 2. The number of aromatic nitrogens is 1. The van der Waals surface area contributed by atoms with Gasteiger partial charge in [-0.2, -0.15) is 0 Å². The molecule has 1 aromatic heterocycles. The van der Waals surface area contributed by atoms with Gasteiger partial charge in [0.1, 0.15) is 12.1 Å². The maximum absolute atomic E-state index is 12.3. The van der Waals surface area contributed by atoms with E-state index in [1.54, 1.807) is 13.8 Å². The number of para-hydroxylation sites is 1. The fourth-order valence-electron chi connectivity index (χ4n) is 2.88. The van der Waals surface area contributed by atoms with Gasteiger partial charge in [-0.25, -0.2) is 4.79 Å². The Morgan fingerprint density at radius 2 is 1.79 bits per heavy atom. The van der Waals surface area contributed by atoms with Gasteiger partial charge in [-0.3, -0.25) is 9.59 Å². The molecule has 0 aliphatic carbocycles. The molecule has 8 heteroatoms. The van der Waals surface area contributed by atoms with Gasteiger partial charge in [-0.15, -0.1) is 0 Å². The van der Waals surface area contributed by atoms with E-state index in [4.69, 9.17) is 15.2 Å². The van der Waals surface area contributed by atoms with Gasteiger partial charge < -0.3 is 25.5 Å². The lowest BCUT2D eigenvalue weighted by Crippen LogP contribution is -2.44. The van der Waals surface area contributed by atoms with E-state index in [0.717, 1.165) is 16.5 Å². The molecule has 152 valence electrons. The number of hydrogen-bond acceptors (Lipinski definition) is 6. The number of benzene rings is 1. The van der Waals surface area contributed by atoms with Gasteiger partial charge in [-0.05, 0) is 31.9 Å². The molecule has 28 heavy (non-hydrogen) atoms. The molecule has 1 amide bonds. The molecular formula is C20H27N3O5. The van der Waals surface area contributed by atoms with Crippen molar-refractivity contribution in [2.24, 2.45) is 5.73 Å². The van der Waals surface area contributed by atoms with Crippen LogP contribution < -0.4 is 11.1 Å². The number of fused-ring (bicyclic) bond motifs is 1. The van der Waals surface area contributed by atoms with Crippen molar-refractivity contribution in [1.82, 2.24) is 10.3 Å². The highest BCUT2D eigenvalue weighted by Gasteiger charge is 2.24. The highest BCUT2D eigenvalue weighted by molar-refractivity contribution is 5.87. The lowest BCUT2D eigenvalue weighted by atomic mass is 10.0. The van der Waals surface area contributed by atoms with E-state index in [0.29, 0.717) is 6.42 Å². The van der Waals surface area contributed by atoms with Crippen LogP contribution in [0.15, 0.2) is 30.5 Å². The summed E-state index contributed by atoms with van der Waals surface area (Å²) >= 11 is 0. The van der Waals surface area contributed by atoms with Crippen LogP contribution in [0.25, 0.3) is 10.9 Å². The van der Waals surface area contributed by atoms with Crippen molar-refractivity contribution < 1.29 is 23.9 Å². The summed E-state index contributed by atoms with van der Waals surface area (Å²) in [5, 5.41) is 3.68. The molecule has 2 aromatic rings. The number of carbonyl (C=O) groups excluding carboxylic acids is 3. The molecule has 0 bridgehead atoms. The normalized spacial score (nSPS) is 13.0. The Morgan fingerprint density at radius 1 is 1.11 bits per heavy atom. The highest BCUT2D eigenvalue weighted by atomic mass is 16.5. The second-order valence-corrected chi connectivity index (χ2v) is 6.33. The Kier molecular flexibility index (Phi) is 8.01. The Labute approximate surface area is 163 Å². The number of aromatic amines is 1. The third-order valence-corrected chi connectivity index (χ3v) is 4.28. The van der Waals surface area contributed by atoms with Crippen LogP contribution in [-0.4, -0.2) is 48.1 Å². The molecule has 8 nitrogen and oxygen atoms in total. The Morgan fingerprint density at radius 3 is 2.50 bits per heavy atom. The first-order valence-electron chi connectivity index (χ1n) is 9.39. The van der Waals surface area contributed by atoms with Gasteiger partial charge in [-0.1, -0.05) is 18.2 Å². The molecule has 0 aliphatic rings. The first-order valence-corrected chi connectivity index (χ1v) is 9.39. The average molecular weight is 389 g/mol. The van der Waals surface area contributed by atoms with E-state index in [1.165, 1.54) is 0 Å². The summed E-state index contributed by atoms with van der Waals surface area (Å²) < 4.78 is 9.92. The van der Waals surface area contributed by atoms with Crippen molar-refractivity contribution in [2.45, 2.75) is 45.2 Å². The molecule has 1 heterocycles. The molecule has 0 saturated carbocycles. The summed E-state index contributed by atoms with van der Waals surface area (Å²) in [6.45, 7) is 3.84. The topological polar surface area (TPSA) is 124 Å². The van der Waals surface area contributed by atoms with Gasteiger partial charge >= 0.3 is 11.9 Å². The van der Waals surface area contributed by atoms with Crippen LogP contribution in [0.5, 0.6) is 0 Å². The van der Waals surface area contributed by atoms with Gasteiger partial charge in [0.15, 0.2) is 0 Å². The summed E-state index contributed by atoms with van der Waals surface area (Å²) in [4.78, 5) is 39.3. The van der Waals surface area contributed by atoms with Crippen molar-refractivity contribution >= 4 is 28.7 Å². The molecule has 0 saturated heterocycles. The molecule has 0 unspecified atom stereocenters. The highest BCUT2D eigenvalue weighted by Crippen LogP contribution is 2.19. The standard InChI is InChI=1S/C20H27N3O5/c1-3-27-19(25)15(21)9-10-18(24)23-17(20(26)28-4-2)11-13-12-22-16-8-6-5-7-14(13)16/h5-8,12,15,17,22H,3-4,9-11,21H2,1-2H3,(H,23,24)/t15-,17+/m0/s1. The first-order chi connectivity index (χ1) is 13.5. The summed E-state index contributed by atoms with van der Waals surface area (Å²) in [6, 6.07) is 6.01. The van der Waals surface area contributed by atoms with Crippen molar-refractivity contribution in [3.8, 4) is 0 Å². The van der Waals surface area contributed by atoms with Crippen LogP contribution in [0.2, 0.25) is 0 Å². The van der Waals surface area contributed by atoms with Gasteiger partial charge in [0, 0.05) is 29.9 Å². The van der Waals surface area contributed by atoms with Gasteiger partial charge in [0.25, 0.3) is 0 Å². The smallest absolute Gasteiger partial charge is 0.328 e. The molecule has 0 fully saturated rings. The average Bonchev–Trinajstić information content (AvgIpc) is 3.09. The molecule has 1 aromatic carbocycles. The number of amides is 1. The minimum atomic E-state index is -0.875. The molecule has 2 atom stereocenters. The third kappa shape index (κ3) is 5.82. The van der Waals surface area contributed by atoms with Crippen molar-refractivity contribution in [3.63, 3.8) is 0 Å². The minimum absolute atomic E-state index is 0.00374. The fourth-order valence-corrected chi connectivity index (χ4v) is 2.88. The third-order valence-electron chi connectivity index (χ3n) is 4.28. The van der Waals surface area contributed by atoms with E-state index in [2.05, 4.69) is 10.3 Å². The predicted octanol–water partition coefficient (Wildman–Crippen LogP) is 1.43. The predicted molar refractivity (Wildman–Crippen MR) is 104 cm³/mol. The largest absolute Gasteiger partial charge is 0.465 e. The Bertz CT molecular complexity index is 817. The number of ether oxygens (including phenoxy) is 2. The fraction of sp³-hybridized carbons (Fsp3) is 0.450. The first kappa shape index (κ1) is 21.4. The molecular weight excluding hydrogens is 362 g/mol. The second-order valence-electron chi connectivity index (χ2n) is 6.33. The lowest BCUT2D eigenvalue weighted by Gasteiger charge is -2.18. The molecule has 0 spiro atoms. The maximum Gasteiger partial charge on any atom is 0.328 e. The zero-order valence-electron chi connectivity index (χ0n) is 16.2. The van der Waals surface area contributed by atoms with E-state index in [-0.39, 0.29) is 32.0 Å². The number of hydrogen-bond donors (Lipinski definition) is 3. The van der Waals surface area contributed by atoms with Crippen molar-refractivity contribution in [2.75, 3.05) is 13.2 Å². The quantitative estimate of drug-likeness (QED) is 0.528.